The van der Waals surface area contributed by atoms with E-state index in [1.165, 1.54) is 0 Å². The Bertz CT molecular complexity index is 469. The number of rotatable bonds is 2. The van der Waals surface area contributed by atoms with E-state index < -0.39 is 5.60 Å². The zero-order valence-corrected chi connectivity index (χ0v) is 10.1. The summed E-state index contributed by atoms with van der Waals surface area (Å²) in [7, 11) is 0. The first-order valence-corrected chi connectivity index (χ1v) is 6.10. The Morgan fingerprint density at radius 3 is 3.06 bits per heavy atom. The fourth-order valence-electron chi connectivity index (χ4n) is 2.47. The molecule has 5 nitrogen and oxygen atoms in total. The van der Waals surface area contributed by atoms with Crippen LogP contribution < -0.4 is 10.6 Å². The molecular weight excluding hydrogens is 232 g/mol. The molecule has 2 saturated heterocycles. The molecule has 2 N–H and O–H groups in total. The predicted octanol–water partition coefficient (Wildman–Crippen LogP) is 1.26. The molecular formula is C13H16N2O3. The van der Waals surface area contributed by atoms with Crippen molar-refractivity contribution in [2.24, 2.45) is 5.73 Å². The van der Waals surface area contributed by atoms with Crippen molar-refractivity contribution in [1.82, 2.24) is 0 Å². The van der Waals surface area contributed by atoms with Crippen LogP contribution in [0.1, 0.15) is 12.0 Å². The highest BCUT2D eigenvalue weighted by atomic mass is 16.6. The number of nitrogens with two attached hydrogens (primary N) is 1. The van der Waals surface area contributed by atoms with Gasteiger partial charge in [0.05, 0.1) is 19.8 Å². The highest BCUT2D eigenvalue weighted by Gasteiger charge is 2.48. The maximum absolute atomic E-state index is 12.0. The van der Waals surface area contributed by atoms with Crippen LogP contribution in [0.3, 0.4) is 0 Å². The third-order valence-electron chi connectivity index (χ3n) is 3.50. The molecule has 0 radical (unpaired) electrons. The highest BCUT2D eigenvalue weighted by molar-refractivity contribution is 5.90. The molecule has 18 heavy (non-hydrogen) atoms. The number of benzene rings is 1. The molecule has 5 heteroatoms. The van der Waals surface area contributed by atoms with Crippen LogP contribution in [0.25, 0.3) is 0 Å². The zero-order valence-electron chi connectivity index (χ0n) is 10.1. The molecule has 1 spiro atoms. The van der Waals surface area contributed by atoms with E-state index in [4.69, 9.17) is 15.2 Å². The van der Waals surface area contributed by atoms with Crippen LogP contribution in [-0.2, 0) is 16.0 Å². The standard InChI is InChI=1S/C13H16N2O3/c14-7-10-2-1-3-11(6-10)15-8-13(18-12(15)16)4-5-17-9-13/h1-3,6H,4-5,7-9,14H2. The van der Waals surface area contributed by atoms with Gasteiger partial charge in [-0.25, -0.2) is 4.79 Å². The van der Waals surface area contributed by atoms with E-state index in [2.05, 4.69) is 0 Å². The molecule has 96 valence electrons. The molecule has 1 aromatic carbocycles. The number of carbonyl (C=O) groups excluding carboxylic acids is 1. The average Bonchev–Trinajstić information content (AvgIpc) is 2.97. The summed E-state index contributed by atoms with van der Waals surface area (Å²) >= 11 is 0. The number of ether oxygens (including phenoxy) is 2. The fraction of sp³-hybridized carbons (Fsp3) is 0.462. The summed E-state index contributed by atoms with van der Waals surface area (Å²) in [5, 5.41) is 0. The molecule has 1 aromatic rings. The molecule has 0 aliphatic carbocycles. The number of hydrogen-bond acceptors (Lipinski definition) is 4. The van der Waals surface area contributed by atoms with Gasteiger partial charge in [0.1, 0.15) is 0 Å². The van der Waals surface area contributed by atoms with E-state index in [1.807, 2.05) is 24.3 Å². The van der Waals surface area contributed by atoms with Crippen LogP contribution in [0.2, 0.25) is 0 Å². The van der Waals surface area contributed by atoms with Crippen LogP contribution in [0.15, 0.2) is 24.3 Å². The maximum atomic E-state index is 12.0. The van der Waals surface area contributed by atoms with Crippen LogP contribution in [0.4, 0.5) is 10.5 Å². The van der Waals surface area contributed by atoms with Crippen molar-refractivity contribution >= 4 is 11.8 Å². The summed E-state index contributed by atoms with van der Waals surface area (Å²) in [6.07, 6.45) is 0.473. The van der Waals surface area contributed by atoms with Gasteiger partial charge in [0.2, 0.25) is 0 Å². The second-order valence-electron chi connectivity index (χ2n) is 4.81. The van der Waals surface area contributed by atoms with Gasteiger partial charge in [0.15, 0.2) is 5.60 Å². The molecule has 3 rings (SSSR count). The van der Waals surface area contributed by atoms with Crippen molar-refractivity contribution < 1.29 is 14.3 Å². The Morgan fingerprint density at radius 1 is 1.44 bits per heavy atom. The fourth-order valence-corrected chi connectivity index (χ4v) is 2.47. The van der Waals surface area contributed by atoms with Gasteiger partial charge in [0, 0.05) is 18.7 Å². The first kappa shape index (κ1) is 11.5. The summed E-state index contributed by atoms with van der Waals surface area (Å²) < 4.78 is 10.8. The Labute approximate surface area is 105 Å². The van der Waals surface area contributed by atoms with Crippen LogP contribution in [0.5, 0.6) is 0 Å². The Kier molecular flexibility index (Phi) is 2.72. The molecule has 0 saturated carbocycles. The van der Waals surface area contributed by atoms with Crippen LogP contribution >= 0.6 is 0 Å². The molecule has 1 amide bonds. The second kappa shape index (κ2) is 4.26. The summed E-state index contributed by atoms with van der Waals surface area (Å²) in [4.78, 5) is 13.6. The van der Waals surface area contributed by atoms with E-state index in [-0.39, 0.29) is 6.09 Å². The van der Waals surface area contributed by atoms with Crippen LogP contribution in [0, 0.1) is 0 Å². The minimum atomic E-state index is -0.449. The minimum Gasteiger partial charge on any atom is -0.438 e. The van der Waals surface area contributed by atoms with E-state index in [0.29, 0.717) is 26.3 Å². The van der Waals surface area contributed by atoms with Gasteiger partial charge in [-0.15, -0.1) is 0 Å². The Morgan fingerprint density at radius 2 is 2.33 bits per heavy atom. The van der Waals surface area contributed by atoms with Gasteiger partial charge in [-0.3, -0.25) is 4.90 Å². The summed E-state index contributed by atoms with van der Waals surface area (Å²) in [5.41, 5.74) is 7.01. The predicted molar refractivity (Wildman–Crippen MR) is 66.3 cm³/mol. The van der Waals surface area contributed by atoms with Crippen molar-refractivity contribution in [1.29, 1.82) is 0 Å². The Hall–Kier alpha value is -1.59. The maximum Gasteiger partial charge on any atom is 0.415 e. The lowest BCUT2D eigenvalue weighted by Gasteiger charge is -2.18. The van der Waals surface area contributed by atoms with Gasteiger partial charge in [-0.1, -0.05) is 12.1 Å². The van der Waals surface area contributed by atoms with Crippen molar-refractivity contribution in [2.45, 2.75) is 18.6 Å². The van der Waals surface area contributed by atoms with Crippen molar-refractivity contribution in [3.8, 4) is 0 Å². The third-order valence-corrected chi connectivity index (χ3v) is 3.50. The van der Waals surface area contributed by atoms with E-state index >= 15 is 0 Å². The molecule has 0 aromatic heterocycles. The third kappa shape index (κ3) is 1.85. The molecule has 1 atom stereocenters. The summed E-state index contributed by atoms with van der Waals surface area (Å²) in [5.74, 6) is 0. The second-order valence-corrected chi connectivity index (χ2v) is 4.81. The number of nitrogens with zero attached hydrogens (tertiary/aromatic N) is 1. The summed E-state index contributed by atoms with van der Waals surface area (Å²) in [6.45, 7) is 2.17. The smallest absolute Gasteiger partial charge is 0.415 e. The van der Waals surface area contributed by atoms with E-state index in [1.54, 1.807) is 4.90 Å². The zero-order chi connectivity index (χ0) is 12.6. The van der Waals surface area contributed by atoms with E-state index in [9.17, 15) is 4.79 Å². The van der Waals surface area contributed by atoms with Crippen molar-refractivity contribution in [3.05, 3.63) is 29.8 Å². The van der Waals surface area contributed by atoms with E-state index in [0.717, 1.165) is 17.7 Å². The molecule has 0 bridgehead atoms. The lowest BCUT2D eigenvalue weighted by Crippen LogP contribution is -2.34. The SMILES string of the molecule is NCc1cccc(N2CC3(CCOC3)OC2=O)c1. The van der Waals surface area contributed by atoms with Crippen LogP contribution in [-0.4, -0.2) is 31.5 Å². The Balaban J connectivity index is 1.86. The molecule has 2 aliphatic heterocycles. The van der Waals surface area contributed by atoms with Gasteiger partial charge >= 0.3 is 6.09 Å². The molecule has 2 fully saturated rings. The minimum absolute atomic E-state index is 0.297. The van der Waals surface area contributed by atoms with Crippen molar-refractivity contribution in [3.63, 3.8) is 0 Å². The van der Waals surface area contributed by atoms with Gasteiger partial charge in [-0.2, -0.15) is 0 Å². The number of amides is 1. The monoisotopic (exact) mass is 248 g/mol. The van der Waals surface area contributed by atoms with Gasteiger partial charge in [0.25, 0.3) is 0 Å². The number of carbonyl (C=O) groups is 1. The molecule has 1 unspecified atom stereocenters. The molecule has 2 heterocycles. The lowest BCUT2D eigenvalue weighted by molar-refractivity contribution is 0.0435. The quantitative estimate of drug-likeness (QED) is 0.855. The normalized spacial score (nSPS) is 26.9. The molecule has 2 aliphatic rings. The topological polar surface area (TPSA) is 64.8 Å². The number of anilines is 1. The number of hydrogen-bond donors (Lipinski definition) is 1. The summed E-state index contributed by atoms with van der Waals surface area (Å²) in [6, 6.07) is 7.67. The highest BCUT2D eigenvalue weighted by Crippen LogP contribution is 2.33. The largest absolute Gasteiger partial charge is 0.438 e. The lowest BCUT2D eigenvalue weighted by atomic mass is 10.0. The van der Waals surface area contributed by atoms with Gasteiger partial charge in [-0.05, 0) is 17.7 Å². The first-order valence-electron chi connectivity index (χ1n) is 6.10. The van der Waals surface area contributed by atoms with Gasteiger partial charge < -0.3 is 15.2 Å². The van der Waals surface area contributed by atoms with Crippen molar-refractivity contribution in [2.75, 3.05) is 24.7 Å². The first-order chi connectivity index (χ1) is 8.72. The average molecular weight is 248 g/mol.